The van der Waals surface area contributed by atoms with Crippen molar-refractivity contribution in [1.29, 1.82) is 0 Å². The highest BCUT2D eigenvalue weighted by Crippen LogP contribution is 2.22. The Morgan fingerprint density at radius 3 is 2.38 bits per heavy atom. The maximum absolute atomic E-state index is 12.3. The van der Waals surface area contributed by atoms with E-state index in [-0.39, 0.29) is 22.6 Å². The smallest absolute Gasteiger partial charge is 0.339 e. The van der Waals surface area contributed by atoms with Crippen molar-refractivity contribution < 1.29 is 19.2 Å². The highest BCUT2D eigenvalue weighted by atomic mass is 35.5. The van der Waals surface area contributed by atoms with Gasteiger partial charge in [0.05, 0.1) is 10.5 Å². The Morgan fingerprint density at radius 2 is 1.79 bits per heavy atom. The zero-order chi connectivity index (χ0) is 17.9. The minimum absolute atomic E-state index is 0.0555. The number of Topliss-reactive ketones (excluding diaryl/α,β-unsaturated/α-hetero) is 1. The molecule has 2 rings (SSSR count). The highest BCUT2D eigenvalue weighted by Gasteiger charge is 2.24. The summed E-state index contributed by atoms with van der Waals surface area (Å²) < 4.78 is 5.15. The van der Waals surface area contributed by atoms with E-state index in [0.29, 0.717) is 10.6 Å². The van der Waals surface area contributed by atoms with E-state index in [1.54, 1.807) is 12.1 Å². The third kappa shape index (κ3) is 3.78. The minimum Gasteiger partial charge on any atom is -0.451 e. The summed E-state index contributed by atoms with van der Waals surface area (Å²) in [5, 5.41) is 11.4. The maximum atomic E-state index is 12.3. The summed E-state index contributed by atoms with van der Waals surface area (Å²) in [7, 11) is 0. The lowest BCUT2D eigenvalue weighted by atomic mass is 10.1. The molecule has 0 saturated carbocycles. The van der Waals surface area contributed by atoms with Crippen molar-refractivity contribution in [1.82, 2.24) is 0 Å². The van der Waals surface area contributed by atoms with Gasteiger partial charge in [0.1, 0.15) is 0 Å². The largest absolute Gasteiger partial charge is 0.451 e. The van der Waals surface area contributed by atoms with Gasteiger partial charge in [0.15, 0.2) is 6.10 Å². The van der Waals surface area contributed by atoms with E-state index < -0.39 is 17.0 Å². The van der Waals surface area contributed by atoms with Crippen molar-refractivity contribution in [2.24, 2.45) is 0 Å². The number of benzene rings is 2. The van der Waals surface area contributed by atoms with Crippen LogP contribution in [0.5, 0.6) is 0 Å². The number of carbonyl (C=O) groups is 2. The molecule has 2 aromatic carbocycles. The predicted molar refractivity (Wildman–Crippen MR) is 88.5 cm³/mol. The van der Waals surface area contributed by atoms with E-state index in [9.17, 15) is 19.7 Å². The molecule has 0 unspecified atom stereocenters. The van der Waals surface area contributed by atoms with Crippen molar-refractivity contribution >= 4 is 29.0 Å². The molecule has 124 valence electrons. The van der Waals surface area contributed by atoms with Crippen molar-refractivity contribution in [2.75, 3.05) is 0 Å². The fourth-order valence-electron chi connectivity index (χ4n) is 2.17. The Bertz CT molecular complexity index is 801. The molecule has 0 spiro atoms. The summed E-state index contributed by atoms with van der Waals surface area (Å²) in [6.07, 6.45) is -1.03. The van der Waals surface area contributed by atoms with E-state index in [1.165, 1.54) is 44.2 Å². The molecule has 0 aliphatic rings. The average molecular weight is 348 g/mol. The summed E-state index contributed by atoms with van der Waals surface area (Å²) in [4.78, 5) is 34.8. The number of rotatable bonds is 5. The maximum Gasteiger partial charge on any atom is 0.339 e. The van der Waals surface area contributed by atoms with Crippen LogP contribution in [0.4, 0.5) is 5.69 Å². The van der Waals surface area contributed by atoms with Crippen molar-refractivity contribution in [3.8, 4) is 0 Å². The molecule has 0 aliphatic heterocycles. The first-order valence-electron chi connectivity index (χ1n) is 7.06. The normalized spacial score (nSPS) is 11.6. The zero-order valence-corrected chi connectivity index (χ0v) is 13.7. The summed E-state index contributed by atoms with van der Waals surface area (Å²) >= 11 is 5.77. The van der Waals surface area contributed by atoms with Crippen LogP contribution < -0.4 is 0 Å². The van der Waals surface area contributed by atoms with Crippen LogP contribution in [0.15, 0.2) is 42.5 Å². The van der Waals surface area contributed by atoms with Gasteiger partial charge in [-0.1, -0.05) is 17.7 Å². The minimum atomic E-state index is -1.03. The molecule has 0 fully saturated rings. The molecule has 0 radical (unpaired) electrons. The van der Waals surface area contributed by atoms with Crippen molar-refractivity contribution in [2.45, 2.75) is 20.0 Å². The second-order valence-electron chi connectivity index (χ2n) is 5.13. The van der Waals surface area contributed by atoms with E-state index in [0.717, 1.165) is 0 Å². The molecule has 24 heavy (non-hydrogen) atoms. The first-order valence-corrected chi connectivity index (χ1v) is 7.44. The van der Waals surface area contributed by atoms with Crippen LogP contribution >= 0.6 is 11.6 Å². The SMILES string of the molecule is Cc1c(C(=O)O[C@H](C)C(=O)c2ccc(Cl)cc2)cccc1[N+](=O)[O-]. The van der Waals surface area contributed by atoms with Gasteiger partial charge in [-0.15, -0.1) is 0 Å². The molecule has 0 aromatic heterocycles. The van der Waals surface area contributed by atoms with Gasteiger partial charge in [-0.2, -0.15) is 0 Å². The number of hydrogen-bond acceptors (Lipinski definition) is 5. The van der Waals surface area contributed by atoms with Gasteiger partial charge in [-0.05, 0) is 44.2 Å². The van der Waals surface area contributed by atoms with Crippen molar-refractivity contribution in [3.05, 3.63) is 74.3 Å². The van der Waals surface area contributed by atoms with Crippen LogP contribution in [0.3, 0.4) is 0 Å². The van der Waals surface area contributed by atoms with Crippen LogP contribution in [-0.4, -0.2) is 22.8 Å². The van der Waals surface area contributed by atoms with Gasteiger partial charge >= 0.3 is 5.97 Å². The molecular weight excluding hydrogens is 334 g/mol. The Morgan fingerprint density at radius 1 is 1.17 bits per heavy atom. The van der Waals surface area contributed by atoms with Gasteiger partial charge in [0.25, 0.3) is 5.69 Å². The summed E-state index contributed by atoms with van der Waals surface area (Å²) in [6.45, 7) is 2.90. The Hall–Kier alpha value is -2.73. The molecule has 1 atom stereocenters. The Labute approximate surface area is 143 Å². The molecule has 0 N–H and O–H groups in total. The quantitative estimate of drug-likeness (QED) is 0.353. The highest BCUT2D eigenvalue weighted by molar-refractivity contribution is 6.30. The van der Waals surface area contributed by atoms with Gasteiger partial charge in [-0.3, -0.25) is 14.9 Å². The summed E-state index contributed by atoms with van der Waals surface area (Å²) in [5.41, 5.74) is 0.426. The lowest BCUT2D eigenvalue weighted by Crippen LogP contribution is -2.24. The van der Waals surface area contributed by atoms with Gasteiger partial charge in [0, 0.05) is 22.2 Å². The molecule has 7 heteroatoms. The van der Waals surface area contributed by atoms with Crippen LogP contribution in [-0.2, 0) is 4.74 Å². The first kappa shape index (κ1) is 17.6. The van der Waals surface area contributed by atoms with Crippen LogP contribution in [0.25, 0.3) is 0 Å². The fourth-order valence-corrected chi connectivity index (χ4v) is 2.29. The lowest BCUT2D eigenvalue weighted by Gasteiger charge is -2.13. The lowest BCUT2D eigenvalue weighted by molar-refractivity contribution is -0.385. The number of nitro benzene ring substituents is 1. The molecule has 0 amide bonds. The summed E-state index contributed by atoms with van der Waals surface area (Å²) in [6, 6.07) is 10.3. The molecule has 0 aliphatic carbocycles. The second-order valence-corrected chi connectivity index (χ2v) is 5.56. The van der Waals surface area contributed by atoms with Crippen molar-refractivity contribution in [3.63, 3.8) is 0 Å². The molecular formula is C17H14ClNO5. The van der Waals surface area contributed by atoms with E-state index >= 15 is 0 Å². The fraction of sp³-hybridized carbons (Fsp3) is 0.176. The van der Waals surface area contributed by atoms with E-state index in [2.05, 4.69) is 0 Å². The first-order chi connectivity index (χ1) is 11.3. The molecule has 0 saturated heterocycles. The summed E-state index contributed by atoms with van der Waals surface area (Å²) in [5.74, 6) is -1.17. The predicted octanol–water partition coefficient (Wildman–Crippen LogP) is 3.98. The molecule has 6 nitrogen and oxygen atoms in total. The Balaban J connectivity index is 2.17. The number of nitrogens with zero attached hydrogens (tertiary/aromatic N) is 1. The van der Waals surface area contributed by atoms with Crippen LogP contribution in [0.1, 0.15) is 33.2 Å². The second kappa shape index (κ2) is 7.23. The topological polar surface area (TPSA) is 86.5 Å². The molecule has 0 heterocycles. The van der Waals surface area contributed by atoms with E-state index in [1.807, 2.05) is 0 Å². The standard InChI is InChI=1S/C17H14ClNO5/c1-10-14(4-3-5-15(10)19(22)23)17(21)24-11(2)16(20)12-6-8-13(18)9-7-12/h3-9,11H,1-2H3/t11-/m1/s1. The third-order valence-electron chi connectivity index (χ3n) is 3.50. The monoisotopic (exact) mass is 347 g/mol. The van der Waals surface area contributed by atoms with Gasteiger partial charge < -0.3 is 4.74 Å². The molecule has 2 aromatic rings. The van der Waals surface area contributed by atoms with E-state index in [4.69, 9.17) is 16.3 Å². The number of esters is 1. The van der Waals surface area contributed by atoms with Crippen LogP contribution in [0, 0.1) is 17.0 Å². The van der Waals surface area contributed by atoms with Gasteiger partial charge in [0.2, 0.25) is 5.78 Å². The number of hydrogen-bond donors (Lipinski definition) is 0. The number of halogens is 1. The van der Waals surface area contributed by atoms with Crippen LogP contribution in [0.2, 0.25) is 5.02 Å². The number of ether oxygens (including phenoxy) is 1. The third-order valence-corrected chi connectivity index (χ3v) is 3.76. The number of carbonyl (C=O) groups excluding carboxylic acids is 2. The number of nitro groups is 1. The van der Waals surface area contributed by atoms with Gasteiger partial charge in [-0.25, -0.2) is 4.79 Å². The Kier molecular flexibility index (Phi) is 5.31. The zero-order valence-electron chi connectivity index (χ0n) is 13.0. The number of ketones is 1. The molecule has 0 bridgehead atoms. The average Bonchev–Trinajstić information content (AvgIpc) is 2.54.